The molecule has 1 aliphatic carbocycles. The lowest BCUT2D eigenvalue weighted by Crippen LogP contribution is -2.51. The minimum Gasteiger partial charge on any atom is -0.480 e. The van der Waals surface area contributed by atoms with Crippen LogP contribution >= 0.6 is 0 Å². The third-order valence-electron chi connectivity index (χ3n) is 6.70. The predicted molar refractivity (Wildman–Crippen MR) is 123 cm³/mol. The predicted octanol–water partition coefficient (Wildman–Crippen LogP) is 3.19. The van der Waals surface area contributed by atoms with Crippen molar-refractivity contribution in [3.05, 3.63) is 77.6 Å². The number of hydrogen-bond acceptors (Lipinski definition) is 5. The number of carboxylic acid groups (broad SMARTS) is 1. The molecule has 2 aromatic rings. The number of carboxylic acids is 1. The summed E-state index contributed by atoms with van der Waals surface area (Å²) >= 11 is 0. The van der Waals surface area contributed by atoms with Gasteiger partial charge in [0.05, 0.1) is 30.3 Å². The minimum atomic E-state index is -3.78. The number of halogens is 1. The summed E-state index contributed by atoms with van der Waals surface area (Å²) in [6.45, 7) is 2.06. The molecular weight excluding hydrogens is 461 g/mol. The first-order chi connectivity index (χ1) is 16.2. The van der Waals surface area contributed by atoms with Crippen LogP contribution in [-0.4, -0.2) is 51.5 Å². The van der Waals surface area contributed by atoms with Crippen molar-refractivity contribution < 1.29 is 32.2 Å². The van der Waals surface area contributed by atoms with E-state index in [1.54, 1.807) is 42.5 Å². The quantitative estimate of drug-likeness (QED) is 0.393. The monoisotopic (exact) mass is 489 g/mol. The number of allylic oxidation sites excluding steroid dienone is 1. The first kappa shape index (κ1) is 24.5. The molecule has 1 aliphatic heterocycles. The molecule has 2 aromatic carbocycles. The van der Waals surface area contributed by atoms with Crippen LogP contribution in [0.1, 0.15) is 24.0 Å². The molecule has 182 valence electrons. The van der Waals surface area contributed by atoms with Gasteiger partial charge in [0.2, 0.25) is 10.0 Å². The highest BCUT2D eigenvalue weighted by Gasteiger charge is 2.60. The summed E-state index contributed by atoms with van der Waals surface area (Å²) < 4.78 is 53.9. The Morgan fingerprint density at radius 3 is 2.59 bits per heavy atom. The van der Waals surface area contributed by atoms with E-state index < -0.39 is 27.4 Å². The Bertz CT molecular complexity index is 1150. The minimum absolute atomic E-state index is 0.141. The summed E-state index contributed by atoms with van der Waals surface area (Å²) in [6, 6.07) is 12.5. The van der Waals surface area contributed by atoms with Crippen LogP contribution in [-0.2, 0) is 29.7 Å². The SMILES string of the molecule is Cc1ccc(S(=O)(=O)N[C@@H]2C3CC(c4ccc(F)cc4)(CO3)[C@H]2C/C=C\COCC(=O)O)cc1. The second-order valence-corrected chi connectivity index (χ2v) is 10.6. The fourth-order valence-electron chi connectivity index (χ4n) is 5.04. The Hall–Kier alpha value is -2.59. The molecule has 0 radical (unpaired) electrons. The van der Waals surface area contributed by atoms with Crippen LogP contribution in [0.2, 0.25) is 0 Å². The highest BCUT2D eigenvalue weighted by molar-refractivity contribution is 7.89. The number of ether oxygens (including phenoxy) is 2. The molecule has 2 fully saturated rings. The number of fused-ring (bicyclic) bond motifs is 2. The maximum absolute atomic E-state index is 13.6. The maximum atomic E-state index is 13.6. The Morgan fingerprint density at radius 1 is 1.21 bits per heavy atom. The molecule has 2 aliphatic rings. The second kappa shape index (κ2) is 9.95. The molecule has 2 unspecified atom stereocenters. The van der Waals surface area contributed by atoms with Gasteiger partial charge in [-0.1, -0.05) is 42.0 Å². The van der Waals surface area contributed by atoms with Gasteiger partial charge in [0.15, 0.2) is 0 Å². The van der Waals surface area contributed by atoms with Gasteiger partial charge < -0.3 is 14.6 Å². The van der Waals surface area contributed by atoms with Crippen LogP contribution < -0.4 is 4.72 Å². The smallest absolute Gasteiger partial charge is 0.329 e. The number of carbonyl (C=O) groups is 1. The highest BCUT2D eigenvalue weighted by atomic mass is 32.2. The normalized spacial score (nSPS) is 26.4. The number of sulfonamides is 1. The molecule has 0 amide bonds. The zero-order chi connectivity index (χ0) is 24.3. The van der Waals surface area contributed by atoms with E-state index in [4.69, 9.17) is 14.6 Å². The molecule has 0 aromatic heterocycles. The zero-order valence-corrected chi connectivity index (χ0v) is 19.6. The molecule has 9 heteroatoms. The van der Waals surface area contributed by atoms with Crippen LogP contribution in [0.25, 0.3) is 0 Å². The number of nitrogens with one attached hydrogen (secondary N) is 1. The van der Waals surface area contributed by atoms with Gasteiger partial charge in [-0.15, -0.1) is 0 Å². The number of aliphatic carboxylic acids is 1. The molecule has 1 saturated heterocycles. The lowest BCUT2D eigenvalue weighted by molar-refractivity contribution is -0.141. The van der Waals surface area contributed by atoms with Crippen molar-refractivity contribution in [3.63, 3.8) is 0 Å². The van der Waals surface area contributed by atoms with Crippen molar-refractivity contribution >= 4 is 16.0 Å². The van der Waals surface area contributed by atoms with Crippen molar-refractivity contribution in [2.75, 3.05) is 19.8 Å². The number of rotatable bonds is 10. The average molecular weight is 490 g/mol. The Morgan fingerprint density at radius 2 is 1.91 bits per heavy atom. The van der Waals surface area contributed by atoms with Crippen molar-refractivity contribution in [1.29, 1.82) is 0 Å². The van der Waals surface area contributed by atoms with Gasteiger partial charge in [-0.05, 0) is 55.5 Å². The van der Waals surface area contributed by atoms with Crippen LogP contribution in [0.4, 0.5) is 4.39 Å². The lowest BCUT2D eigenvalue weighted by atomic mass is 9.71. The molecule has 4 rings (SSSR count). The maximum Gasteiger partial charge on any atom is 0.329 e. The van der Waals surface area contributed by atoms with Crippen LogP contribution in [0.5, 0.6) is 0 Å². The average Bonchev–Trinajstić information content (AvgIpc) is 3.35. The molecule has 1 saturated carbocycles. The van der Waals surface area contributed by atoms with Crippen LogP contribution in [0, 0.1) is 18.7 Å². The summed E-state index contributed by atoms with van der Waals surface area (Å²) in [6.07, 6.45) is 4.44. The summed E-state index contributed by atoms with van der Waals surface area (Å²) in [4.78, 5) is 10.8. The Labute approximate surface area is 198 Å². The fourth-order valence-corrected chi connectivity index (χ4v) is 6.35. The van der Waals surface area contributed by atoms with Gasteiger partial charge in [0.1, 0.15) is 12.4 Å². The Balaban J connectivity index is 1.59. The van der Waals surface area contributed by atoms with Gasteiger partial charge in [0, 0.05) is 5.41 Å². The number of benzene rings is 2. The van der Waals surface area contributed by atoms with E-state index in [2.05, 4.69) is 4.72 Å². The molecule has 4 atom stereocenters. The van der Waals surface area contributed by atoms with Gasteiger partial charge in [-0.2, -0.15) is 0 Å². The van der Waals surface area contributed by atoms with Gasteiger partial charge >= 0.3 is 5.97 Å². The van der Waals surface area contributed by atoms with Gasteiger partial charge in [-0.3, -0.25) is 0 Å². The first-order valence-corrected chi connectivity index (χ1v) is 12.6. The van der Waals surface area contributed by atoms with E-state index in [-0.39, 0.29) is 35.9 Å². The van der Waals surface area contributed by atoms with E-state index in [0.717, 1.165) is 11.1 Å². The Kier molecular flexibility index (Phi) is 7.18. The zero-order valence-electron chi connectivity index (χ0n) is 18.8. The summed E-state index contributed by atoms with van der Waals surface area (Å²) in [5, 5.41) is 8.69. The van der Waals surface area contributed by atoms with Crippen molar-refractivity contribution in [2.45, 2.75) is 42.2 Å². The largest absolute Gasteiger partial charge is 0.480 e. The molecule has 1 heterocycles. The van der Waals surface area contributed by atoms with Crippen molar-refractivity contribution in [3.8, 4) is 0 Å². The van der Waals surface area contributed by atoms with E-state index >= 15 is 0 Å². The molecule has 2 bridgehead atoms. The third-order valence-corrected chi connectivity index (χ3v) is 8.18. The van der Waals surface area contributed by atoms with E-state index in [1.807, 2.05) is 13.0 Å². The summed E-state index contributed by atoms with van der Waals surface area (Å²) in [7, 11) is -3.78. The second-order valence-electron chi connectivity index (χ2n) is 8.90. The molecular formula is C25H28FNO6S. The van der Waals surface area contributed by atoms with E-state index in [9.17, 15) is 17.6 Å². The third kappa shape index (κ3) is 5.07. The topological polar surface area (TPSA) is 102 Å². The van der Waals surface area contributed by atoms with Crippen LogP contribution in [0.3, 0.4) is 0 Å². The van der Waals surface area contributed by atoms with Gasteiger partial charge in [0.25, 0.3) is 0 Å². The number of aryl methyl sites for hydroxylation is 1. The molecule has 7 nitrogen and oxygen atoms in total. The number of hydrogen-bond donors (Lipinski definition) is 2. The summed E-state index contributed by atoms with van der Waals surface area (Å²) in [5.74, 6) is -1.52. The van der Waals surface area contributed by atoms with Gasteiger partial charge in [-0.25, -0.2) is 22.3 Å². The molecule has 2 N–H and O–H groups in total. The van der Waals surface area contributed by atoms with Crippen molar-refractivity contribution in [2.24, 2.45) is 5.92 Å². The summed E-state index contributed by atoms with van der Waals surface area (Å²) in [5.41, 5.74) is 1.41. The van der Waals surface area contributed by atoms with Crippen molar-refractivity contribution in [1.82, 2.24) is 4.72 Å². The van der Waals surface area contributed by atoms with E-state index in [1.165, 1.54) is 12.1 Å². The lowest BCUT2D eigenvalue weighted by Gasteiger charge is -2.39. The standard InChI is InChI=1S/C25H28FNO6S/c1-17-5-11-20(12-6-17)34(30,31)27-24-21(4-2-3-13-32-15-23(28)29)25(14-22(24)33-16-25)18-7-9-19(26)10-8-18/h2-3,5-12,21-22,24,27H,4,13-16H2,1H3,(H,28,29)/b3-2-/t21-,22?,24-,25?/m0/s1. The molecule has 34 heavy (non-hydrogen) atoms. The highest BCUT2D eigenvalue weighted by Crippen LogP contribution is 2.54. The van der Waals surface area contributed by atoms with Crippen LogP contribution in [0.15, 0.2) is 65.6 Å². The van der Waals surface area contributed by atoms with E-state index in [0.29, 0.717) is 19.4 Å². The molecule has 0 spiro atoms. The first-order valence-electron chi connectivity index (χ1n) is 11.1. The fraction of sp³-hybridized carbons (Fsp3) is 0.400.